The summed E-state index contributed by atoms with van der Waals surface area (Å²) >= 11 is 0. The van der Waals surface area contributed by atoms with Gasteiger partial charge >= 0.3 is 0 Å². The molecule has 1 aliphatic heterocycles. The SMILES string of the molecule is CNc1nc(-c2cc3ccccc3o2)nc2c1COCC2. The minimum atomic E-state index is 0.561. The second-order valence-corrected chi connectivity index (χ2v) is 5.02. The van der Waals surface area contributed by atoms with Gasteiger partial charge in [0.05, 0.1) is 18.9 Å². The molecule has 0 atom stereocenters. The van der Waals surface area contributed by atoms with Gasteiger partial charge in [-0.3, -0.25) is 0 Å². The maximum atomic E-state index is 5.86. The number of hydrogen-bond donors (Lipinski definition) is 1. The zero-order valence-corrected chi connectivity index (χ0v) is 11.7. The lowest BCUT2D eigenvalue weighted by molar-refractivity contribution is 0.109. The average Bonchev–Trinajstić information content (AvgIpc) is 2.98. The number of nitrogens with zero attached hydrogens (tertiary/aromatic N) is 2. The molecule has 0 aliphatic carbocycles. The van der Waals surface area contributed by atoms with Crippen LogP contribution >= 0.6 is 0 Å². The van der Waals surface area contributed by atoms with E-state index in [2.05, 4.69) is 15.3 Å². The maximum Gasteiger partial charge on any atom is 0.197 e. The molecule has 1 aromatic carbocycles. The molecule has 3 heterocycles. The molecule has 5 heteroatoms. The smallest absolute Gasteiger partial charge is 0.197 e. The van der Waals surface area contributed by atoms with Gasteiger partial charge in [0, 0.05) is 24.4 Å². The van der Waals surface area contributed by atoms with Crippen LogP contribution in [0.1, 0.15) is 11.3 Å². The third-order valence-electron chi connectivity index (χ3n) is 3.71. The summed E-state index contributed by atoms with van der Waals surface area (Å²) in [6.45, 7) is 1.26. The molecule has 3 aromatic rings. The third-order valence-corrected chi connectivity index (χ3v) is 3.71. The fourth-order valence-electron chi connectivity index (χ4n) is 2.64. The molecule has 0 bridgehead atoms. The summed E-state index contributed by atoms with van der Waals surface area (Å²) < 4.78 is 11.3. The summed E-state index contributed by atoms with van der Waals surface area (Å²) in [7, 11) is 1.86. The lowest BCUT2D eigenvalue weighted by Gasteiger charge is -2.18. The van der Waals surface area contributed by atoms with Crippen LogP contribution in [0.25, 0.3) is 22.6 Å². The van der Waals surface area contributed by atoms with E-state index < -0.39 is 0 Å². The number of fused-ring (bicyclic) bond motifs is 2. The Morgan fingerprint density at radius 2 is 2.10 bits per heavy atom. The number of ether oxygens (including phenoxy) is 1. The zero-order chi connectivity index (χ0) is 14.2. The van der Waals surface area contributed by atoms with Gasteiger partial charge in [-0.05, 0) is 12.1 Å². The maximum absolute atomic E-state index is 5.86. The van der Waals surface area contributed by atoms with Gasteiger partial charge in [-0.25, -0.2) is 9.97 Å². The highest BCUT2D eigenvalue weighted by atomic mass is 16.5. The lowest BCUT2D eigenvalue weighted by atomic mass is 10.1. The average molecular weight is 281 g/mol. The summed E-state index contributed by atoms with van der Waals surface area (Å²) in [6.07, 6.45) is 0.805. The van der Waals surface area contributed by atoms with Gasteiger partial charge in [0.15, 0.2) is 11.6 Å². The number of benzene rings is 1. The second-order valence-electron chi connectivity index (χ2n) is 5.02. The van der Waals surface area contributed by atoms with E-state index >= 15 is 0 Å². The zero-order valence-electron chi connectivity index (χ0n) is 11.7. The molecule has 0 saturated carbocycles. The Balaban J connectivity index is 1.87. The predicted molar refractivity (Wildman–Crippen MR) is 80.1 cm³/mol. The van der Waals surface area contributed by atoms with Crippen molar-refractivity contribution in [2.24, 2.45) is 0 Å². The Morgan fingerprint density at radius 3 is 2.95 bits per heavy atom. The van der Waals surface area contributed by atoms with Crippen LogP contribution in [0, 0.1) is 0 Å². The van der Waals surface area contributed by atoms with Crippen LogP contribution in [0.3, 0.4) is 0 Å². The monoisotopic (exact) mass is 281 g/mol. The van der Waals surface area contributed by atoms with Crippen molar-refractivity contribution in [2.45, 2.75) is 13.0 Å². The van der Waals surface area contributed by atoms with Crippen molar-refractivity contribution in [2.75, 3.05) is 19.0 Å². The van der Waals surface area contributed by atoms with Gasteiger partial charge in [-0.1, -0.05) is 18.2 Å². The number of rotatable bonds is 2. The van der Waals surface area contributed by atoms with Crippen molar-refractivity contribution in [1.29, 1.82) is 0 Å². The molecular weight excluding hydrogens is 266 g/mol. The molecule has 0 spiro atoms. The molecule has 2 aromatic heterocycles. The van der Waals surface area contributed by atoms with Crippen molar-refractivity contribution in [3.8, 4) is 11.6 Å². The van der Waals surface area contributed by atoms with Crippen LogP contribution in [-0.4, -0.2) is 23.6 Å². The van der Waals surface area contributed by atoms with Gasteiger partial charge in [0.1, 0.15) is 11.4 Å². The number of hydrogen-bond acceptors (Lipinski definition) is 5. The molecule has 106 valence electrons. The molecular formula is C16H15N3O2. The Labute approximate surface area is 122 Å². The minimum absolute atomic E-state index is 0.561. The van der Waals surface area contributed by atoms with E-state index in [-0.39, 0.29) is 0 Å². The van der Waals surface area contributed by atoms with E-state index in [0.717, 1.165) is 34.5 Å². The molecule has 4 rings (SSSR count). The number of para-hydroxylation sites is 1. The van der Waals surface area contributed by atoms with Crippen molar-refractivity contribution in [3.63, 3.8) is 0 Å². The number of furan rings is 1. The molecule has 0 fully saturated rings. The van der Waals surface area contributed by atoms with Crippen molar-refractivity contribution in [1.82, 2.24) is 9.97 Å². The fraction of sp³-hybridized carbons (Fsp3) is 0.250. The predicted octanol–water partition coefficient (Wildman–Crippen LogP) is 3.00. The van der Waals surface area contributed by atoms with Crippen LogP contribution in [-0.2, 0) is 17.8 Å². The van der Waals surface area contributed by atoms with E-state index in [4.69, 9.17) is 9.15 Å². The van der Waals surface area contributed by atoms with Crippen molar-refractivity contribution >= 4 is 16.8 Å². The summed E-state index contributed by atoms with van der Waals surface area (Å²) in [5, 5.41) is 4.18. The topological polar surface area (TPSA) is 60.2 Å². The highest BCUT2D eigenvalue weighted by molar-refractivity contribution is 5.81. The molecule has 5 nitrogen and oxygen atoms in total. The summed E-state index contributed by atoms with van der Waals surface area (Å²) in [5.74, 6) is 2.13. The third kappa shape index (κ3) is 2.06. The van der Waals surface area contributed by atoms with Gasteiger partial charge in [-0.2, -0.15) is 0 Å². The molecule has 0 amide bonds. The minimum Gasteiger partial charge on any atom is -0.453 e. The van der Waals surface area contributed by atoms with Crippen LogP contribution < -0.4 is 5.32 Å². The summed E-state index contributed by atoms with van der Waals surface area (Å²) in [6, 6.07) is 9.90. The highest BCUT2D eigenvalue weighted by Gasteiger charge is 2.19. The van der Waals surface area contributed by atoms with Gasteiger partial charge in [0.25, 0.3) is 0 Å². The van der Waals surface area contributed by atoms with E-state index in [9.17, 15) is 0 Å². The molecule has 21 heavy (non-hydrogen) atoms. The lowest BCUT2D eigenvalue weighted by Crippen LogP contribution is -2.16. The highest BCUT2D eigenvalue weighted by Crippen LogP contribution is 2.29. The van der Waals surface area contributed by atoms with Gasteiger partial charge in [-0.15, -0.1) is 0 Å². The number of aromatic nitrogens is 2. The van der Waals surface area contributed by atoms with Crippen molar-refractivity contribution < 1.29 is 9.15 Å². The van der Waals surface area contributed by atoms with E-state index in [1.807, 2.05) is 37.4 Å². The van der Waals surface area contributed by atoms with Gasteiger partial charge < -0.3 is 14.5 Å². The first-order valence-electron chi connectivity index (χ1n) is 6.99. The first-order chi connectivity index (χ1) is 10.3. The quantitative estimate of drug-likeness (QED) is 0.782. The number of anilines is 1. The van der Waals surface area contributed by atoms with Crippen molar-refractivity contribution in [3.05, 3.63) is 41.6 Å². The molecule has 0 unspecified atom stereocenters. The standard InChI is InChI=1S/C16H15N3O2/c1-17-15-11-9-20-7-6-12(11)18-16(19-15)14-8-10-4-2-3-5-13(10)21-14/h2-5,8H,6-7,9H2,1H3,(H,17,18,19). The Bertz CT molecular complexity index is 760. The first kappa shape index (κ1) is 12.3. The Morgan fingerprint density at radius 1 is 1.19 bits per heavy atom. The normalized spacial score (nSPS) is 14.1. The van der Waals surface area contributed by atoms with Crippen LogP contribution in [0.2, 0.25) is 0 Å². The molecule has 1 N–H and O–H groups in total. The fourth-order valence-corrected chi connectivity index (χ4v) is 2.64. The van der Waals surface area contributed by atoms with Gasteiger partial charge in [0.2, 0.25) is 0 Å². The second kappa shape index (κ2) is 4.86. The van der Waals surface area contributed by atoms with E-state index in [1.54, 1.807) is 0 Å². The Hall–Kier alpha value is -2.40. The van der Waals surface area contributed by atoms with E-state index in [0.29, 0.717) is 24.8 Å². The first-order valence-corrected chi connectivity index (χ1v) is 6.99. The number of nitrogens with one attached hydrogen (secondary N) is 1. The summed E-state index contributed by atoms with van der Waals surface area (Å²) in [5.41, 5.74) is 2.93. The Kier molecular flexibility index (Phi) is 2.86. The largest absolute Gasteiger partial charge is 0.453 e. The molecule has 0 radical (unpaired) electrons. The van der Waals surface area contributed by atoms with E-state index in [1.165, 1.54) is 0 Å². The molecule has 1 aliphatic rings. The van der Waals surface area contributed by atoms with Crippen LogP contribution in [0.5, 0.6) is 0 Å². The summed E-state index contributed by atoms with van der Waals surface area (Å²) in [4.78, 5) is 9.24. The van der Waals surface area contributed by atoms with Crippen LogP contribution in [0.4, 0.5) is 5.82 Å². The van der Waals surface area contributed by atoms with Crippen LogP contribution in [0.15, 0.2) is 34.7 Å². The molecule has 0 saturated heterocycles.